The van der Waals surface area contributed by atoms with Gasteiger partial charge in [0.2, 0.25) is 5.95 Å². The maximum atomic E-state index is 13.2. The Kier molecular flexibility index (Phi) is 5.90. The van der Waals surface area contributed by atoms with Crippen molar-refractivity contribution in [3.05, 3.63) is 47.3 Å². The van der Waals surface area contributed by atoms with Gasteiger partial charge in [0.15, 0.2) is 0 Å². The lowest BCUT2D eigenvalue weighted by Gasteiger charge is -2.44. The fourth-order valence-electron chi connectivity index (χ4n) is 4.22. The fourth-order valence-corrected chi connectivity index (χ4v) is 4.22. The van der Waals surface area contributed by atoms with Gasteiger partial charge in [-0.05, 0) is 43.4 Å². The number of carbonyl (C=O) groups is 1. The van der Waals surface area contributed by atoms with E-state index in [9.17, 15) is 4.79 Å². The summed E-state index contributed by atoms with van der Waals surface area (Å²) >= 11 is 0. The first kappa shape index (κ1) is 20.6. The van der Waals surface area contributed by atoms with Crippen molar-refractivity contribution in [3.8, 4) is 5.75 Å². The molecule has 1 fully saturated rings. The number of benzene rings is 1. The second kappa shape index (κ2) is 8.60. The zero-order chi connectivity index (χ0) is 21.1. The van der Waals surface area contributed by atoms with Crippen LogP contribution < -0.4 is 9.64 Å². The molecule has 160 valence electrons. The summed E-state index contributed by atoms with van der Waals surface area (Å²) in [5.41, 5.74) is 2.34. The van der Waals surface area contributed by atoms with Crippen LogP contribution in [0.3, 0.4) is 0 Å². The molecule has 1 spiro atoms. The van der Waals surface area contributed by atoms with E-state index < -0.39 is 5.60 Å². The Bertz CT molecular complexity index is 907. The van der Waals surface area contributed by atoms with E-state index in [1.54, 1.807) is 0 Å². The Morgan fingerprint density at radius 2 is 2.03 bits per heavy atom. The van der Waals surface area contributed by atoms with Gasteiger partial charge in [0.05, 0.1) is 24.5 Å². The minimum absolute atomic E-state index is 0.0178. The molecule has 1 aromatic heterocycles. The highest BCUT2D eigenvalue weighted by atomic mass is 16.5. The monoisotopic (exact) mass is 410 g/mol. The second-order valence-corrected chi connectivity index (χ2v) is 8.17. The summed E-state index contributed by atoms with van der Waals surface area (Å²) in [6, 6.07) is 7.51. The largest absolute Gasteiger partial charge is 0.493 e. The van der Waals surface area contributed by atoms with E-state index in [2.05, 4.69) is 11.9 Å². The molecule has 4 rings (SSSR count). The summed E-state index contributed by atoms with van der Waals surface area (Å²) in [4.78, 5) is 26.3. The summed E-state index contributed by atoms with van der Waals surface area (Å²) in [6.07, 6.45) is 5.12. The van der Waals surface area contributed by atoms with Gasteiger partial charge < -0.3 is 19.3 Å². The highest BCUT2D eigenvalue weighted by Crippen LogP contribution is 2.41. The van der Waals surface area contributed by atoms with E-state index >= 15 is 0 Å². The molecule has 2 aliphatic heterocycles. The van der Waals surface area contributed by atoms with E-state index in [4.69, 9.17) is 14.5 Å². The van der Waals surface area contributed by atoms with Crippen molar-refractivity contribution in [2.45, 2.75) is 38.2 Å². The van der Waals surface area contributed by atoms with Crippen molar-refractivity contribution in [3.63, 3.8) is 0 Å². The second-order valence-electron chi connectivity index (χ2n) is 8.17. The summed E-state index contributed by atoms with van der Waals surface area (Å²) in [7, 11) is 3.88. The van der Waals surface area contributed by atoms with Gasteiger partial charge in [-0.15, -0.1) is 0 Å². The number of aromatic nitrogens is 2. The van der Waals surface area contributed by atoms with Gasteiger partial charge in [-0.1, -0.05) is 19.1 Å². The lowest BCUT2D eigenvalue weighted by molar-refractivity contribution is -0.0967. The number of para-hydroxylation sites is 1. The molecule has 0 saturated carbocycles. The van der Waals surface area contributed by atoms with Crippen molar-refractivity contribution in [2.75, 3.05) is 45.3 Å². The fraction of sp³-hybridized carbons (Fsp3) is 0.522. The van der Waals surface area contributed by atoms with E-state index in [1.807, 2.05) is 54.4 Å². The highest BCUT2D eigenvalue weighted by molar-refractivity contribution is 5.97. The molecule has 0 radical (unpaired) electrons. The Balaban J connectivity index is 1.53. The summed E-state index contributed by atoms with van der Waals surface area (Å²) in [5.74, 6) is 1.37. The van der Waals surface area contributed by atoms with Crippen LogP contribution in [0.4, 0.5) is 5.95 Å². The number of amides is 1. The van der Waals surface area contributed by atoms with Gasteiger partial charge in [0.25, 0.3) is 5.91 Å². The van der Waals surface area contributed by atoms with Crippen LogP contribution in [-0.2, 0) is 16.8 Å². The Labute approximate surface area is 178 Å². The van der Waals surface area contributed by atoms with Gasteiger partial charge in [0.1, 0.15) is 11.4 Å². The minimum atomic E-state index is -0.434. The highest BCUT2D eigenvalue weighted by Gasteiger charge is 2.43. The standard InChI is InChI=1S/C23H30N4O3/c1-4-14-29-19-8-6-5-7-18(19)21(28)27-12-10-23(11-13-27)20-17(9-15-30-23)16-24-22(25-20)26(2)3/h5-8,16H,4,9-15H2,1-3H3. The first-order valence-electron chi connectivity index (χ1n) is 10.7. The molecule has 2 aromatic rings. The zero-order valence-electron chi connectivity index (χ0n) is 18.1. The van der Waals surface area contributed by atoms with E-state index in [0.717, 1.165) is 36.9 Å². The molecule has 0 N–H and O–H groups in total. The normalized spacial score (nSPS) is 17.5. The average molecular weight is 411 g/mol. The van der Waals surface area contributed by atoms with Crippen molar-refractivity contribution in [2.24, 2.45) is 0 Å². The molecule has 0 bridgehead atoms. The van der Waals surface area contributed by atoms with Gasteiger partial charge in [0, 0.05) is 33.4 Å². The molecular formula is C23H30N4O3. The van der Waals surface area contributed by atoms with Crippen molar-refractivity contribution in [1.82, 2.24) is 14.9 Å². The zero-order valence-corrected chi connectivity index (χ0v) is 18.1. The number of ether oxygens (including phenoxy) is 2. The third-order valence-corrected chi connectivity index (χ3v) is 5.87. The molecule has 7 nitrogen and oxygen atoms in total. The summed E-state index contributed by atoms with van der Waals surface area (Å²) < 4.78 is 12.1. The molecule has 1 amide bonds. The molecule has 0 aliphatic carbocycles. The predicted octanol–water partition coefficient (Wildman–Crippen LogP) is 3.04. The number of rotatable bonds is 5. The molecule has 7 heteroatoms. The number of carbonyl (C=O) groups excluding carboxylic acids is 1. The maximum absolute atomic E-state index is 13.2. The third kappa shape index (κ3) is 3.86. The smallest absolute Gasteiger partial charge is 0.257 e. The first-order valence-corrected chi connectivity index (χ1v) is 10.7. The Hall–Kier alpha value is -2.67. The Morgan fingerprint density at radius 3 is 2.77 bits per heavy atom. The minimum Gasteiger partial charge on any atom is -0.493 e. The summed E-state index contributed by atoms with van der Waals surface area (Å²) in [6.45, 7) is 4.58. The van der Waals surface area contributed by atoms with Gasteiger partial charge in [-0.3, -0.25) is 4.79 Å². The third-order valence-electron chi connectivity index (χ3n) is 5.87. The molecule has 30 heavy (non-hydrogen) atoms. The number of hydrogen-bond donors (Lipinski definition) is 0. The van der Waals surface area contributed by atoms with E-state index in [-0.39, 0.29) is 5.91 Å². The molecule has 0 atom stereocenters. The van der Waals surface area contributed by atoms with Gasteiger partial charge in [-0.25, -0.2) is 9.97 Å². The van der Waals surface area contributed by atoms with Crippen molar-refractivity contribution in [1.29, 1.82) is 0 Å². The quantitative estimate of drug-likeness (QED) is 0.755. The first-order chi connectivity index (χ1) is 14.5. The predicted molar refractivity (Wildman–Crippen MR) is 115 cm³/mol. The number of fused-ring (bicyclic) bond motifs is 2. The average Bonchev–Trinajstić information content (AvgIpc) is 2.78. The van der Waals surface area contributed by atoms with Crippen molar-refractivity contribution < 1.29 is 14.3 Å². The van der Waals surface area contributed by atoms with Crippen molar-refractivity contribution >= 4 is 11.9 Å². The van der Waals surface area contributed by atoms with Crippen LogP contribution in [-0.4, -0.2) is 61.2 Å². The number of likely N-dealkylation sites (tertiary alicyclic amines) is 1. The molecular weight excluding hydrogens is 380 g/mol. The number of anilines is 1. The van der Waals surface area contributed by atoms with Crippen LogP contribution in [0.5, 0.6) is 5.75 Å². The molecule has 3 heterocycles. The SMILES string of the molecule is CCCOc1ccccc1C(=O)N1CCC2(CC1)OCCc1cnc(N(C)C)nc12. The molecule has 2 aliphatic rings. The summed E-state index contributed by atoms with van der Waals surface area (Å²) in [5, 5.41) is 0. The van der Waals surface area contributed by atoms with Gasteiger partial charge in [-0.2, -0.15) is 0 Å². The Morgan fingerprint density at radius 1 is 1.27 bits per heavy atom. The van der Waals surface area contributed by atoms with E-state index in [0.29, 0.717) is 43.6 Å². The van der Waals surface area contributed by atoms with Crippen LogP contribution in [0.2, 0.25) is 0 Å². The van der Waals surface area contributed by atoms with Crippen LogP contribution >= 0.6 is 0 Å². The van der Waals surface area contributed by atoms with Crippen LogP contribution in [0.1, 0.15) is 47.8 Å². The number of nitrogens with zero attached hydrogens (tertiary/aromatic N) is 4. The maximum Gasteiger partial charge on any atom is 0.257 e. The van der Waals surface area contributed by atoms with Crippen LogP contribution in [0, 0.1) is 0 Å². The van der Waals surface area contributed by atoms with Crippen LogP contribution in [0.15, 0.2) is 30.5 Å². The topological polar surface area (TPSA) is 67.8 Å². The van der Waals surface area contributed by atoms with Crippen LogP contribution in [0.25, 0.3) is 0 Å². The number of piperidine rings is 1. The number of hydrogen-bond acceptors (Lipinski definition) is 6. The molecule has 1 aromatic carbocycles. The van der Waals surface area contributed by atoms with Gasteiger partial charge >= 0.3 is 0 Å². The lowest BCUT2D eigenvalue weighted by Crippen LogP contribution is -2.49. The lowest BCUT2D eigenvalue weighted by atomic mass is 9.83. The van der Waals surface area contributed by atoms with E-state index in [1.165, 1.54) is 0 Å². The molecule has 1 saturated heterocycles. The molecule has 0 unspecified atom stereocenters.